The number of halogens is 1. The number of hydrogen-bond donors (Lipinski definition) is 2. The predicted molar refractivity (Wildman–Crippen MR) is 74.9 cm³/mol. The molecule has 3 N–H and O–H groups in total. The number of nitrogen functional groups attached to an aromatic ring is 1. The molecule has 0 unspecified atom stereocenters. The van der Waals surface area contributed by atoms with Gasteiger partial charge in [-0.1, -0.05) is 13.8 Å². The first-order valence-corrected chi connectivity index (χ1v) is 6.10. The Hall–Kier alpha value is -2.68. The number of rotatable bonds is 3. The van der Waals surface area contributed by atoms with Crippen molar-refractivity contribution in [3.05, 3.63) is 41.5 Å². The highest BCUT2D eigenvalue weighted by Gasteiger charge is 2.09. The second kappa shape index (κ2) is 5.53. The quantitative estimate of drug-likeness (QED) is 0.896. The van der Waals surface area contributed by atoms with Crippen LogP contribution >= 0.6 is 0 Å². The monoisotopic (exact) mass is 271 g/mol. The van der Waals surface area contributed by atoms with Crippen molar-refractivity contribution in [1.82, 2.24) is 9.97 Å². The van der Waals surface area contributed by atoms with E-state index in [2.05, 4.69) is 15.3 Å². The van der Waals surface area contributed by atoms with Crippen LogP contribution < -0.4 is 11.1 Å². The highest BCUT2D eigenvalue weighted by molar-refractivity contribution is 5.60. The molecule has 0 fully saturated rings. The fraction of sp³-hybridized carbons (Fsp3) is 0.214. The molecule has 5 nitrogen and oxygen atoms in total. The number of hydrogen-bond acceptors (Lipinski definition) is 5. The SMILES string of the molecule is CC(C)c1nc(N)cc(Nc2ccc(C#N)cc2F)n1. The number of anilines is 3. The van der Waals surface area contributed by atoms with Crippen LogP contribution in [-0.4, -0.2) is 9.97 Å². The lowest BCUT2D eigenvalue weighted by Crippen LogP contribution is -2.05. The normalized spacial score (nSPS) is 10.3. The van der Waals surface area contributed by atoms with Crippen molar-refractivity contribution in [2.45, 2.75) is 19.8 Å². The molecule has 2 rings (SSSR count). The standard InChI is InChI=1S/C14H14FN5/c1-8(2)14-19-12(17)6-13(20-14)18-11-4-3-9(7-16)5-10(11)15/h3-6,8H,1-2H3,(H3,17,18,19,20). The van der Waals surface area contributed by atoms with Gasteiger partial charge >= 0.3 is 0 Å². The second-order valence-electron chi connectivity index (χ2n) is 4.62. The molecule has 0 bridgehead atoms. The van der Waals surface area contributed by atoms with E-state index in [1.165, 1.54) is 18.2 Å². The summed E-state index contributed by atoms with van der Waals surface area (Å²) < 4.78 is 13.8. The summed E-state index contributed by atoms with van der Waals surface area (Å²) in [5, 5.41) is 11.5. The third-order valence-electron chi connectivity index (χ3n) is 2.64. The third-order valence-corrected chi connectivity index (χ3v) is 2.64. The molecule has 1 aromatic carbocycles. The minimum absolute atomic E-state index is 0.116. The van der Waals surface area contributed by atoms with Gasteiger partial charge in [0.05, 0.1) is 17.3 Å². The molecule has 0 aliphatic rings. The Labute approximate surface area is 116 Å². The Morgan fingerprint density at radius 3 is 2.65 bits per heavy atom. The van der Waals surface area contributed by atoms with Crippen LogP contribution in [0.1, 0.15) is 31.2 Å². The fourth-order valence-corrected chi connectivity index (χ4v) is 1.63. The second-order valence-corrected chi connectivity index (χ2v) is 4.62. The van der Waals surface area contributed by atoms with Gasteiger partial charge in [0.25, 0.3) is 0 Å². The van der Waals surface area contributed by atoms with Crippen molar-refractivity contribution in [2.24, 2.45) is 0 Å². The van der Waals surface area contributed by atoms with E-state index in [0.717, 1.165) is 6.07 Å². The van der Waals surface area contributed by atoms with Crippen LogP contribution in [0.3, 0.4) is 0 Å². The Morgan fingerprint density at radius 2 is 2.05 bits per heavy atom. The lowest BCUT2D eigenvalue weighted by Gasteiger charge is -2.10. The summed E-state index contributed by atoms with van der Waals surface area (Å²) in [5.74, 6) is 0.920. The molecule has 0 radical (unpaired) electrons. The van der Waals surface area contributed by atoms with Gasteiger partial charge in [-0.05, 0) is 18.2 Å². The Balaban J connectivity index is 2.33. The van der Waals surface area contributed by atoms with E-state index in [1.54, 1.807) is 0 Å². The molecule has 1 heterocycles. The number of nitrogens with zero attached hydrogens (tertiary/aromatic N) is 3. The van der Waals surface area contributed by atoms with Gasteiger partial charge < -0.3 is 11.1 Å². The maximum Gasteiger partial charge on any atom is 0.147 e. The lowest BCUT2D eigenvalue weighted by molar-refractivity contribution is 0.631. The van der Waals surface area contributed by atoms with Gasteiger partial charge in [0, 0.05) is 12.0 Å². The smallest absolute Gasteiger partial charge is 0.147 e. The number of aromatic nitrogens is 2. The molecule has 0 aliphatic carbocycles. The molecule has 0 saturated heterocycles. The number of nitrogens with one attached hydrogen (secondary N) is 1. The summed E-state index contributed by atoms with van der Waals surface area (Å²) in [4.78, 5) is 8.39. The van der Waals surface area contributed by atoms with Crippen molar-refractivity contribution in [1.29, 1.82) is 5.26 Å². The van der Waals surface area contributed by atoms with Crippen molar-refractivity contribution < 1.29 is 4.39 Å². The number of benzene rings is 1. The minimum Gasteiger partial charge on any atom is -0.384 e. The number of nitriles is 1. The molecule has 20 heavy (non-hydrogen) atoms. The van der Waals surface area contributed by atoms with Crippen LogP contribution in [0.15, 0.2) is 24.3 Å². The van der Waals surface area contributed by atoms with E-state index < -0.39 is 5.82 Å². The van der Waals surface area contributed by atoms with Crippen molar-refractivity contribution in [2.75, 3.05) is 11.1 Å². The first kappa shape index (κ1) is 13.7. The summed E-state index contributed by atoms with van der Waals surface area (Å²) in [6.45, 7) is 3.89. The van der Waals surface area contributed by atoms with Crippen LogP contribution in [-0.2, 0) is 0 Å². The van der Waals surface area contributed by atoms with Crippen molar-refractivity contribution in [3.8, 4) is 6.07 Å². The molecule has 0 atom stereocenters. The lowest BCUT2D eigenvalue weighted by atomic mass is 10.2. The largest absolute Gasteiger partial charge is 0.384 e. The molecule has 6 heteroatoms. The maximum atomic E-state index is 13.8. The van der Waals surface area contributed by atoms with Crippen LogP contribution in [0.25, 0.3) is 0 Å². The number of nitrogens with two attached hydrogens (primary N) is 1. The molecule has 0 amide bonds. The molecule has 102 valence electrons. The molecular weight excluding hydrogens is 257 g/mol. The van der Waals surface area contributed by atoms with Gasteiger partial charge in [-0.25, -0.2) is 14.4 Å². The fourth-order valence-electron chi connectivity index (χ4n) is 1.63. The average molecular weight is 271 g/mol. The predicted octanol–water partition coefficient (Wildman–Crippen LogP) is 2.94. The van der Waals surface area contributed by atoms with Crippen LogP contribution in [0.5, 0.6) is 0 Å². The molecular formula is C14H14FN5. The topological polar surface area (TPSA) is 87.6 Å². The summed E-state index contributed by atoms with van der Waals surface area (Å²) >= 11 is 0. The summed E-state index contributed by atoms with van der Waals surface area (Å²) in [6.07, 6.45) is 0. The van der Waals surface area contributed by atoms with Gasteiger partial charge in [0.15, 0.2) is 0 Å². The van der Waals surface area contributed by atoms with Gasteiger partial charge in [-0.15, -0.1) is 0 Å². The van der Waals surface area contributed by atoms with E-state index in [0.29, 0.717) is 17.5 Å². The maximum absolute atomic E-state index is 13.8. The Kier molecular flexibility index (Phi) is 3.80. The van der Waals surface area contributed by atoms with Crippen molar-refractivity contribution >= 4 is 17.3 Å². The van der Waals surface area contributed by atoms with E-state index in [1.807, 2.05) is 19.9 Å². The van der Waals surface area contributed by atoms with Gasteiger partial charge in [0.2, 0.25) is 0 Å². The Bertz CT molecular complexity index is 676. The van der Waals surface area contributed by atoms with Crippen molar-refractivity contribution in [3.63, 3.8) is 0 Å². The molecule has 1 aromatic heterocycles. The minimum atomic E-state index is -0.521. The third kappa shape index (κ3) is 3.01. The average Bonchev–Trinajstić information content (AvgIpc) is 2.40. The molecule has 0 spiro atoms. The Morgan fingerprint density at radius 1 is 1.30 bits per heavy atom. The first-order valence-electron chi connectivity index (χ1n) is 6.10. The van der Waals surface area contributed by atoms with Crippen LogP contribution in [0.4, 0.5) is 21.7 Å². The van der Waals surface area contributed by atoms with E-state index in [-0.39, 0.29) is 17.2 Å². The molecule has 2 aromatic rings. The van der Waals surface area contributed by atoms with Crippen LogP contribution in [0.2, 0.25) is 0 Å². The highest BCUT2D eigenvalue weighted by atomic mass is 19.1. The van der Waals surface area contributed by atoms with Crippen LogP contribution in [0, 0.1) is 17.1 Å². The van der Waals surface area contributed by atoms with Gasteiger partial charge in [-0.2, -0.15) is 5.26 Å². The summed E-state index contributed by atoms with van der Waals surface area (Å²) in [5.41, 5.74) is 6.20. The summed E-state index contributed by atoms with van der Waals surface area (Å²) in [6, 6.07) is 7.59. The first-order chi connectivity index (χ1) is 9.49. The van der Waals surface area contributed by atoms with Gasteiger partial charge in [-0.3, -0.25) is 0 Å². The zero-order valence-electron chi connectivity index (χ0n) is 11.2. The van der Waals surface area contributed by atoms with E-state index in [4.69, 9.17) is 11.0 Å². The summed E-state index contributed by atoms with van der Waals surface area (Å²) in [7, 11) is 0. The zero-order valence-corrected chi connectivity index (χ0v) is 11.2. The highest BCUT2D eigenvalue weighted by Crippen LogP contribution is 2.22. The van der Waals surface area contributed by atoms with Gasteiger partial charge in [0.1, 0.15) is 23.3 Å². The van der Waals surface area contributed by atoms with E-state index >= 15 is 0 Å². The van der Waals surface area contributed by atoms with E-state index in [9.17, 15) is 4.39 Å². The zero-order chi connectivity index (χ0) is 14.7. The molecule has 0 saturated carbocycles. The molecule has 0 aliphatic heterocycles.